The molecule has 0 bridgehead atoms. The van der Waals surface area contributed by atoms with Gasteiger partial charge in [0.2, 0.25) is 5.91 Å². The molecule has 138 valence electrons. The van der Waals surface area contributed by atoms with Crippen LogP contribution in [0.4, 0.5) is 5.69 Å². The van der Waals surface area contributed by atoms with Gasteiger partial charge in [0.15, 0.2) is 0 Å². The van der Waals surface area contributed by atoms with E-state index in [1.54, 1.807) is 18.2 Å². The molecule has 1 heterocycles. The minimum Gasteiger partial charge on any atom is -0.338 e. The molecule has 0 saturated carbocycles. The van der Waals surface area contributed by atoms with Gasteiger partial charge in [-0.3, -0.25) is 9.52 Å². The number of hydrogen-bond acceptors (Lipinski definition) is 3. The number of fused-ring (bicyclic) bond motifs is 1. The first-order valence-corrected chi connectivity index (χ1v) is 10.3. The molecule has 1 amide bonds. The Morgan fingerprint density at radius 3 is 2.54 bits per heavy atom. The van der Waals surface area contributed by atoms with Gasteiger partial charge in [-0.05, 0) is 66.8 Å². The van der Waals surface area contributed by atoms with E-state index >= 15 is 0 Å². The molecule has 6 heteroatoms. The summed E-state index contributed by atoms with van der Waals surface area (Å²) in [6, 6.07) is 10.7. The molecule has 2 aromatic rings. The predicted octanol–water partition coefficient (Wildman–Crippen LogP) is 3.40. The van der Waals surface area contributed by atoms with Crippen molar-refractivity contribution in [2.75, 3.05) is 11.3 Å². The van der Waals surface area contributed by atoms with Crippen molar-refractivity contribution >= 4 is 21.6 Å². The Hall–Kier alpha value is -2.34. The Balaban J connectivity index is 1.84. The first-order chi connectivity index (χ1) is 12.3. The highest BCUT2D eigenvalue weighted by atomic mass is 32.2. The van der Waals surface area contributed by atoms with E-state index in [4.69, 9.17) is 0 Å². The molecule has 0 atom stereocenters. The summed E-state index contributed by atoms with van der Waals surface area (Å²) in [4.78, 5) is 14.0. The van der Waals surface area contributed by atoms with E-state index in [2.05, 4.69) is 4.72 Å². The first kappa shape index (κ1) is 18.5. The molecule has 0 fully saturated rings. The number of nitrogens with one attached hydrogen (secondary N) is 1. The van der Waals surface area contributed by atoms with E-state index < -0.39 is 10.0 Å². The quantitative estimate of drug-likeness (QED) is 0.894. The third-order valence-electron chi connectivity index (χ3n) is 4.91. The van der Waals surface area contributed by atoms with Crippen LogP contribution in [0.5, 0.6) is 0 Å². The molecule has 1 N–H and O–H groups in total. The Kier molecular flexibility index (Phi) is 5.05. The zero-order valence-electron chi connectivity index (χ0n) is 15.4. The lowest BCUT2D eigenvalue weighted by atomic mass is 9.99. The zero-order valence-corrected chi connectivity index (χ0v) is 16.2. The van der Waals surface area contributed by atoms with Gasteiger partial charge in [-0.2, -0.15) is 0 Å². The molecular weight excluding hydrogens is 348 g/mol. The monoisotopic (exact) mass is 372 g/mol. The fraction of sp³-hybridized carbons (Fsp3) is 0.350. The maximum Gasteiger partial charge on any atom is 0.261 e. The standard InChI is InChI=1S/C20H24N2O3S/c1-4-20(23)22-10-9-16-6-7-18(12-17(16)13-22)21-26(24,25)19-8-5-14(2)15(3)11-19/h5-8,11-12,21H,4,9-10,13H2,1-3H3. The Morgan fingerprint density at radius 2 is 1.85 bits per heavy atom. The maximum atomic E-state index is 12.7. The highest BCUT2D eigenvalue weighted by Gasteiger charge is 2.21. The second-order valence-corrected chi connectivity index (χ2v) is 8.44. The minimum absolute atomic E-state index is 0.122. The third kappa shape index (κ3) is 3.75. The van der Waals surface area contributed by atoms with Gasteiger partial charge < -0.3 is 4.90 Å². The van der Waals surface area contributed by atoms with Crippen LogP contribution in [0.1, 0.15) is 35.6 Å². The van der Waals surface area contributed by atoms with Crippen molar-refractivity contribution in [1.29, 1.82) is 0 Å². The fourth-order valence-corrected chi connectivity index (χ4v) is 4.29. The van der Waals surface area contributed by atoms with E-state index in [0.717, 1.165) is 23.1 Å². The Morgan fingerprint density at radius 1 is 1.08 bits per heavy atom. The average Bonchev–Trinajstić information content (AvgIpc) is 2.62. The summed E-state index contributed by atoms with van der Waals surface area (Å²) in [5, 5.41) is 0. The summed E-state index contributed by atoms with van der Waals surface area (Å²) in [7, 11) is -3.64. The van der Waals surface area contributed by atoms with Crippen molar-refractivity contribution in [2.24, 2.45) is 0 Å². The van der Waals surface area contributed by atoms with Crippen LogP contribution in [0.3, 0.4) is 0 Å². The summed E-state index contributed by atoms with van der Waals surface area (Å²) < 4.78 is 28.0. The van der Waals surface area contributed by atoms with Gasteiger partial charge in [-0.15, -0.1) is 0 Å². The smallest absolute Gasteiger partial charge is 0.261 e. The molecule has 3 rings (SSSR count). The lowest BCUT2D eigenvalue weighted by Crippen LogP contribution is -2.35. The molecule has 0 unspecified atom stereocenters. The van der Waals surface area contributed by atoms with E-state index in [1.807, 2.05) is 43.9 Å². The lowest BCUT2D eigenvalue weighted by Gasteiger charge is -2.29. The SMILES string of the molecule is CCC(=O)N1CCc2ccc(NS(=O)(=O)c3ccc(C)c(C)c3)cc2C1. The first-order valence-electron chi connectivity index (χ1n) is 8.80. The number of benzene rings is 2. The van der Waals surface area contributed by atoms with Crippen LogP contribution in [-0.2, 0) is 27.8 Å². The number of hydrogen-bond donors (Lipinski definition) is 1. The van der Waals surface area contributed by atoms with Crippen LogP contribution in [0.25, 0.3) is 0 Å². The molecule has 1 aliphatic heterocycles. The summed E-state index contributed by atoms with van der Waals surface area (Å²) in [6.45, 7) is 6.94. The topological polar surface area (TPSA) is 66.5 Å². The van der Waals surface area contributed by atoms with Crippen LogP contribution in [0.2, 0.25) is 0 Å². The highest BCUT2D eigenvalue weighted by Crippen LogP contribution is 2.25. The van der Waals surface area contributed by atoms with Crippen LogP contribution in [0, 0.1) is 13.8 Å². The van der Waals surface area contributed by atoms with Crippen molar-refractivity contribution in [3.8, 4) is 0 Å². The van der Waals surface area contributed by atoms with Crippen molar-refractivity contribution in [3.05, 3.63) is 58.7 Å². The second kappa shape index (κ2) is 7.11. The average molecular weight is 372 g/mol. The van der Waals surface area contributed by atoms with Gasteiger partial charge >= 0.3 is 0 Å². The van der Waals surface area contributed by atoms with Gasteiger partial charge in [0.25, 0.3) is 10.0 Å². The third-order valence-corrected chi connectivity index (χ3v) is 6.29. The predicted molar refractivity (Wildman–Crippen MR) is 103 cm³/mol. The highest BCUT2D eigenvalue weighted by molar-refractivity contribution is 7.92. The van der Waals surface area contributed by atoms with Gasteiger partial charge in [0, 0.05) is 25.2 Å². The molecule has 0 aromatic heterocycles. The van der Waals surface area contributed by atoms with Crippen molar-refractivity contribution in [3.63, 3.8) is 0 Å². The van der Waals surface area contributed by atoms with Crippen LogP contribution in [0.15, 0.2) is 41.3 Å². The van der Waals surface area contributed by atoms with Crippen LogP contribution >= 0.6 is 0 Å². The molecule has 1 aliphatic rings. The largest absolute Gasteiger partial charge is 0.338 e. The van der Waals surface area contributed by atoms with Crippen LogP contribution < -0.4 is 4.72 Å². The number of carbonyl (C=O) groups is 1. The van der Waals surface area contributed by atoms with E-state index in [9.17, 15) is 13.2 Å². The number of amides is 1. The molecule has 5 nitrogen and oxygen atoms in total. The molecule has 0 radical (unpaired) electrons. The van der Waals surface area contributed by atoms with Gasteiger partial charge in [0.05, 0.1) is 4.90 Å². The van der Waals surface area contributed by atoms with Gasteiger partial charge in [-0.1, -0.05) is 19.1 Å². The molecule has 0 spiro atoms. The number of nitrogens with zero attached hydrogens (tertiary/aromatic N) is 1. The summed E-state index contributed by atoms with van der Waals surface area (Å²) in [5.74, 6) is 0.122. The van der Waals surface area contributed by atoms with E-state index in [0.29, 0.717) is 25.2 Å². The summed E-state index contributed by atoms with van der Waals surface area (Å²) in [5.41, 5.74) is 4.68. The summed E-state index contributed by atoms with van der Waals surface area (Å²) >= 11 is 0. The molecule has 26 heavy (non-hydrogen) atoms. The van der Waals surface area contributed by atoms with E-state index in [1.165, 1.54) is 5.56 Å². The number of sulfonamides is 1. The lowest BCUT2D eigenvalue weighted by molar-refractivity contribution is -0.131. The Bertz CT molecular complexity index is 952. The van der Waals surface area contributed by atoms with Crippen molar-refractivity contribution in [2.45, 2.75) is 45.1 Å². The molecule has 0 aliphatic carbocycles. The molecule has 0 saturated heterocycles. The van der Waals surface area contributed by atoms with Crippen molar-refractivity contribution in [1.82, 2.24) is 4.90 Å². The number of aryl methyl sites for hydroxylation is 2. The van der Waals surface area contributed by atoms with Crippen LogP contribution in [-0.4, -0.2) is 25.8 Å². The van der Waals surface area contributed by atoms with E-state index in [-0.39, 0.29) is 10.8 Å². The van der Waals surface area contributed by atoms with Gasteiger partial charge in [-0.25, -0.2) is 8.42 Å². The number of anilines is 1. The maximum absolute atomic E-state index is 12.7. The second-order valence-electron chi connectivity index (χ2n) is 6.75. The molecule has 2 aromatic carbocycles. The number of carbonyl (C=O) groups excluding carboxylic acids is 1. The van der Waals surface area contributed by atoms with Gasteiger partial charge in [0.1, 0.15) is 0 Å². The molecular formula is C20H24N2O3S. The zero-order chi connectivity index (χ0) is 18.9. The minimum atomic E-state index is -3.64. The fourth-order valence-electron chi connectivity index (χ4n) is 3.15. The van der Waals surface area contributed by atoms with Crippen molar-refractivity contribution < 1.29 is 13.2 Å². The normalized spacial score (nSPS) is 14.0. The number of rotatable bonds is 4. The Labute approximate surface area is 155 Å². The summed E-state index contributed by atoms with van der Waals surface area (Å²) in [6.07, 6.45) is 1.28.